The van der Waals surface area contributed by atoms with Crippen LogP contribution >= 0.6 is 0 Å². The maximum atomic E-state index is 13.1. The smallest absolute Gasteiger partial charge is 0.260 e. The quantitative estimate of drug-likeness (QED) is 0.785. The Kier molecular flexibility index (Phi) is 5.62. The highest BCUT2D eigenvalue weighted by atomic mass is 16.2. The van der Waals surface area contributed by atoms with Gasteiger partial charge in [0.2, 0.25) is 5.91 Å². The SMILES string of the molecule is CCCN1CCN(C(=O)C[C@@H]2c3ncccc3C(=O)N2c2cccc(C)c2)CC1. The standard InChI is InChI=1S/C23H28N4O2/c1-3-10-25-11-13-26(14-12-25)21(28)16-20-22-19(8-5-9-24-22)23(29)27(20)18-7-4-6-17(2)15-18/h4-9,15,20H,3,10-14,16H2,1-2H3/t20-/m1/s1. The number of carbonyl (C=O) groups is 2. The minimum atomic E-state index is -0.360. The fourth-order valence-corrected chi connectivity index (χ4v) is 4.35. The van der Waals surface area contributed by atoms with Crippen LogP contribution in [-0.2, 0) is 4.79 Å². The van der Waals surface area contributed by atoms with Gasteiger partial charge in [0.1, 0.15) is 0 Å². The van der Waals surface area contributed by atoms with Crippen LogP contribution in [0.4, 0.5) is 5.69 Å². The van der Waals surface area contributed by atoms with E-state index in [2.05, 4.69) is 16.8 Å². The first-order chi connectivity index (χ1) is 14.1. The van der Waals surface area contributed by atoms with Crippen molar-refractivity contribution in [1.29, 1.82) is 0 Å². The van der Waals surface area contributed by atoms with Gasteiger partial charge in [0, 0.05) is 38.1 Å². The van der Waals surface area contributed by atoms with Gasteiger partial charge >= 0.3 is 0 Å². The van der Waals surface area contributed by atoms with E-state index >= 15 is 0 Å². The van der Waals surface area contributed by atoms with Crippen LogP contribution in [0.3, 0.4) is 0 Å². The van der Waals surface area contributed by atoms with Crippen molar-refractivity contribution in [3.05, 3.63) is 59.4 Å². The summed E-state index contributed by atoms with van der Waals surface area (Å²) in [6.45, 7) is 8.60. The Morgan fingerprint density at radius 3 is 2.66 bits per heavy atom. The lowest BCUT2D eigenvalue weighted by molar-refractivity contribution is -0.133. The maximum absolute atomic E-state index is 13.1. The molecule has 2 aliphatic heterocycles. The number of nitrogens with zero attached hydrogens (tertiary/aromatic N) is 4. The van der Waals surface area contributed by atoms with E-state index in [4.69, 9.17) is 0 Å². The molecule has 0 N–H and O–H groups in total. The molecule has 1 aromatic heterocycles. The first-order valence-corrected chi connectivity index (χ1v) is 10.4. The molecule has 1 saturated heterocycles. The van der Waals surface area contributed by atoms with Crippen molar-refractivity contribution in [3.63, 3.8) is 0 Å². The second-order valence-corrected chi connectivity index (χ2v) is 7.89. The summed E-state index contributed by atoms with van der Waals surface area (Å²) in [5.74, 6) is 0.0133. The summed E-state index contributed by atoms with van der Waals surface area (Å²) in [6.07, 6.45) is 3.09. The molecule has 3 heterocycles. The maximum Gasteiger partial charge on any atom is 0.260 e. The van der Waals surface area contributed by atoms with E-state index in [1.165, 1.54) is 0 Å². The van der Waals surface area contributed by atoms with Crippen molar-refractivity contribution < 1.29 is 9.59 Å². The Hall–Kier alpha value is -2.73. The number of fused-ring (bicyclic) bond motifs is 1. The van der Waals surface area contributed by atoms with Crippen molar-refractivity contribution in [3.8, 4) is 0 Å². The number of hydrogen-bond acceptors (Lipinski definition) is 4. The van der Waals surface area contributed by atoms with Crippen LogP contribution in [0.25, 0.3) is 0 Å². The number of aromatic nitrogens is 1. The van der Waals surface area contributed by atoms with E-state index in [-0.39, 0.29) is 24.3 Å². The van der Waals surface area contributed by atoms with Crippen molar-refractivity contribution in [2.24, 2.45) is 0 Å². The van der Waals surface area contributed by atoms with Crippen LogP contribution in [-0.4, -0.2) is 59.3 Å². The van der Waals surface area contributed by atoms with Crippen LogP contribution in [0.2, 0.25) is 0 Å². The van der Waals surface area contributed by atoms with Gasteiger partial charge in [0.15, 0.2) is 0 Å². The monoisotopic (exact) mass is 392 g/mol. The lowest BCUT2D eigenvalue weighted by Gasteiger charge is -2.35. The lowest BCUT2D eigenvalue weighted by atomic mass is 10.1. The third-order valence-electron chi connectivity index (χ3n) is 5.83. The molecular formula is C23H28N4O2. The summed E-state index contributed by atoms with van der Waals surface area (Å²) in [5.41, 5.74) is 3.20. The second kappa shape index (κ2) is 8.33. The summed E-state index contributed by atoms with van der Waals surface area (Å²) in [4.78, 5) is 36.8. The fourth-order valence-electron chi connectivity index (χ4n) is 4.35. The molecule has 0 saturated carbocycles. The average molecular weight is 393 g/mol. The molecule has 4 rings (SSSR count). The molecule has 2 aromatic rings. The van der Waals surface area contributed by atoms with Gasteiger partial charge in [-0.25, -0.2) is 0 Å². The molecule has 0 unspecified atom stereocenters. The molecule has 0 spiro atoms. The molecule has 0 bridgehead atoms. The number of rotatable bonds is 5. The molecule has 0 radical (unpaired) electrons. The highest BCUT2D eigenvalue weighted by Crippen LogP contribution is 2.38. The van der Waals surface area contributed by atoms with E-state index in [9.17, 15) is 9.59 Å². The summed E-state index contributed by atoms with van der Waals surface area (Å²) < 4.78 is 0. The summed E-state index contributed by atoms with van der Waals surface area (Å²) in [5, 5.41) is 0. The van der Waals surface area contributed by atoms with Gasteiger partial charge in [-0.2, -0.15) is 0 Å². The molecule has 1 atom stereocenters. The second-order valence-electron chi connectivity index (χ2n) is 7.89. The number of carbonyl (C=O) groups excluding carboxylic acids is 2. The first-order valence-electron chi connectivity index (χ1n) is 10.4. The zero-order valence-corrected chi connectivity index (χ0v) is 17.2. The van der Waals surface area contributed by atoms with Gasteiger partial charge in [-0.05, 0) is 49.7 Å². The van der Waals surface area contributed by atoms with E-state index in [0.29, 0.717) is 11.3 Å². The summed E-state index contributed by atoms with van der Waals surface area (Å²) >= 11 is 0. The topological polar surface area (TPSA) is 56.8 Å². The summed E-state index contributed by atoms with van der Waals surface area (Å²) in [6, 6.07) is 11.1. The Morgan fingerprint density at radius 1 is 1.14 bits per heavy atom. The molecule has 1 aromatic carbocycles. The molecule has 1 fully saturated rings. The van der Waals surface area contributed by atoms with Crippen molar-refractivity contribution in [2.45, 2.75) is 32.7 Å². The van der Waals surface area contributed by atoms with Crippen LogP contribution < -0.4 is 4.90 Å². The van der Waals surface area contributed by atoms with E-state index in [1.54, 1.807) is 17.2 Å². The first kappa shape index (κ1) is 19.6. The van der Waals surface area contributed by atoms with Crippen molar-refractivity contribution in [1.82, 2.24) is 14.8 Å². The van der Waals surface area contributed by atoms with Gasteiger partial charge < -0.3 is 4.90 Å². The van der Waals surface area contributed by atoms with Crippen LogP contribution in [0.1, 0.15) is 47.4 Å². The van der Waals surface area contributed by atoms with Gasteiger partial charge in [0.05, 0.1) is 23.7 Å². The van der Waals surface area contributed by atoms with E-state index in [1.807, 2.05) is 42.2 Å². The minimum Gasteiger partial charge on any atom is -0.340 e. The molecule has 2 aliphatic rings. The predicted molar refractivity (Wildman–Crippen MR) is 113 cm³/mol. The molecule has 152 valence electrons. The zero-order valence-electron chi connectivity index (χ0n) is 17.2. The number of anilines is 1. The molecule has 2 amide bonds. The number of hydrogen-bond donors (Lipinski definition) is 0. The van der Waals surface area contributed by atoms with Gasteiger partial charge in [-0.1, -0.05) is 19.1 Å². The van der Waals surface area contributed by atoms with Crippen molar-refractivity contribution >= 4 is 17.5 Å². The Bertz CT molecular complexity index is 905. The Labute approximate surface area is 172 Å². The highest BCUT2D eigenvalue weighted by Gasteiger charge is 2.40. The molecule has 0 aliphatic carbocycles. The molecule has 6 heteroatoms. The van der Waals surface area contributed by atoms with Crippen LogP contribution in [0.5, 0.6) is 0 Å². The average Bonchev–Trinajstić information content (AvgIpc) is 3.01. The summed E-state index contributed by atoms with van der Waals surface area (Å²) in [7, 11) is 0. The molecular weight excluding hydrogens is 364 g/mol. The number of aryl methyl sites for hydroxylation is 1. The molecule has 6 nitrogen and oxygen atoms in total. The third-order valence-corrected chi connectivity index (χ3v) is 5.83. The zero-order chi connectivity index (χ0) is 20.4. The molecule has 29 heavy (non-hydrogen) atoms. The number of amides is 2. The minimum absolute atomic E-state index is 0.0794. The van der Waals surface area contributed by atoms with E-state index in [0.717, 1.165) is 50.4 Å². The number of pyridine rings is 1. The largest absolute Gasteiger partial charge is 0.340 e. The van der Waals surface area contributed by atoms with Gasteiger partial charge in [-0.3, -0.25) is 24.4 Å². The van der Waals surface area contributed by atoms with Crippen molar-refractivity contribution in [2.75, 3.05) is 37.6 Å². The normalized spacial score (nSPS) is 19.5. The van der Waals surface area contributed by atoms with E-state index < -0.39 is 0 Å². The number of benzene rings is 1. The number of piperazine rings is 1. The Balaban J connectivity index is 1.56. The van der Waals surface area contributed by atoms with Gasteiger partial charge in [-0.15, -0.1) is 0 Å². The van der Waals surface area contributed by atoms with Crippen LogP contribution in [0, 0.1) is 6.92 Å². The highest BCUT2D eigenvalue weighted by molar-refractivity contribution is 6.11. The fraction of sp³-hybridized carbons (Fsp3) is 0.435. The van der Waals surface area contributed by atoms with Gasteiger partial charge in [0.25, 0.3) is 5.91 Å². The third kappa shape index (κ3) is 3.90. The van der Waals surface area contributed by atoms with Crippen LogP contribution in [0.15, 0.2) is 42.6 Å². The lowest BCUT2D eigenvalue weighted by Crippen LogP contribution is -2.49. The predicted octanol–water partition coefficient (Wildman–Crippen LogP) is 3.04. The Morgan fingerprint density at radius 2 is 1.93 bits per heavy atom.